The van der Waals surface area contributed by atoms with Crippen LogP contribution in [0.5, 0.6) is 11.6 Å². The molecular formula is C13H13N3O3. The summed E-state index contributed by atoms with van der Waals surface area (Å²) in [5, 5.41) is 10.9. The van der Waals surface area contributed by atoms with E-state index in [-0.39, 0.29) is 5.69 Å². The second kappa shape index (κ2) is 4.93. The van der Waals surface area contributed by atoms with Crippen LogP contribution in [0.3, 0.4) is 0 Å². The standard InChI is InChI=1S/C13H13N3O3/c1-8-5-9(2)12(7-11(8)16(17)18)19-13-6-10(14)3-4-15-13/h3-7H,1-2H3,(H2,14,15). The van der Waals surface area contributed by atoms with Crippen LogP contribution in [-0.2, 0) is 0 Å². The highest BCUT2D eigenvalue weighted by Gasteiger charge is 2.15. The van der Waals surface area contributed by atoms with Crippen LogP contribution < -0.4 is 10.5 Å². The van der Waals surface area contributed by atoms with E-state index in [1.165, 1.54) is 12.3 Å². The number of nitro groups is 1. The molecule has 0 spiro atoms. The molecule has 6 nitrogen and oxygen atoms in total. The van der Waals surface area contributed by atoms with Gasteiger partial charge in [0.05, 0.1) is 11.0 Å². The fourth-order valence-electron chi connectivity index (χ4n) is 1.72. The van der Waals surface area contributed by atoms with E-state index in [0.29, 0.717) is 22.9 Å². The Hall–Kier alpha value is -2.63. The van der Waals surface area contributed by atoms with Crippen molar-refractivity contribution in [2.24, 2.45) is 0 Å². The molecule has 0 saturated carbocycles. The maximum Gasteiger partial charge on any atom is 0.276 e. The molecule has 0 aliphatic heterocycles. The minimum atomic E-state index is -0.436. The minimum absolute atomic E-state index is 0.0181. The molecule has 1 aromatic heterocycles. The van der Waals surface area contributed by atoms with Crippen molar-refractivity contribution in [3.05, 3.63) is 51.7 Å². The third-order valence-electron chi connectivity index (χ3n) is 2.66. The van der Waals surface area contributed by atoms with Crippen molar-refractivity contribution in [3.63, 3.8) is 0 Å². The van der Waals surface area contributed by atoms with E-state index in [2.05, 4.69) is 4.98 Å². The summed E-state index contributed by atoms with van der Waals surface area (Å²) in [4.78, 5) is 14.5. The first-order valence-corrected chi connectivity index (χ1v) is 5.62. The van der Waals surface area contributed by atoms with Gasteiger partial charge in [-0.15, -0.1) is 0 Å². The first-order valence-electron chi connectivity index (χ1n) is 5.62. The summed E-state index contributed by atoms with van der Waals surface area (Å²) in [6.07, 6.45) is 1.52. The highest BCUT2D eigenvalue weighted by molar-refractivity contribution is 5.51. The number of aromatic nitrogens is 1. The Labute approximate surface area is 110 Å². The van der Waals surface area contributed by atoms with Gasteiger partial charge in [-0.1, -0.05) is 0 Å². The highest BCUT2D eigenvalue weighted by Crippen LogP contribution is 2.31. The Morgan fingerprint density at radius 1 is 1.26 bits per heavy atom. The van der Waals surface area contributed by atoms with Gasteiger partial charge in [0.25, 0.3) is 5.69 Å². The van der Waals surface area contributed by atoms with Crippen LogP contribution >= 0.6 is 0 Å². The van der Waals surface area contributed by atoms with Gasteiger partial charge in [-0.25, -0.2) is 4.98 Å². The van der Waals surface area contributed by atoms with Crippen LogP contribution in [0.25, 0.3) is 0 Å². The number of hydrogen-bond donors (Lipinski definition) is 1. The molecule has 0 aliphatic carbocycles. The number of nitro benzene ring substituents is 1. The van der Waals surface area contributed by atoms with Gasteiger partial charge in [-0.2, -0.15) is 0 Å². The van der Waals surface area contributed by atoms with Crippen LogP contribution in [0.1, 0.15) is 11.1 Å². The van der Waals surface area contributed by atoms with Crippen molar-refractivity contribution in [3.8, 4) is 11.6 Å². The molecule has 0 amide bonds. The first kappa shape index (κ1) is 12.8. The molecule has 1 aromatic carbocycles. The number of aryl methyl sites for hydroxylation is 2. The Morgan fingerprint density at radius 3 is 2.63 bits per heavy atom. The van der Waals surface area contributed by atoms with E-state index in [0.717, 1.165) is 5.56 Å². The summed E-state index contributed by atoms with van der Waals surface area (Å²) in [5.41, 5.74) is 7.55. The Bertz CT molecular complexity index is 641. The number of rotatable bonds is 3. The molecule has 2 N–H and O–H groups in total. The number of nitrogens with zero attached hydrogens (tertiary/aromatic N) is 2. The zero-order chi connectivity index (χ0) is 14.0. The first-order chi connectivity index (χ1) is 8.97. The predicted octanol–water partition coefficient (Wildman–Crippen LogP) is 2.98. The van der Waals surface area contributed by atoms with Crippen LogP contribution in [0, 0.1) is 24.0 Å². The molecule has 0 unspecified atom stereocenters. The van der Waals surface area contributed by atoms with Crippen LogP contribution in [-0.4, -0.2) is 9.91 Å². The van der Waals surface area contributed by atoms with Gasteiger partial charge in [0, 0.05) is 23.5 Å². The fourth-order valence-corrected chi connectivity index (χ4v) is 1.72. The number of nitrogen functional groups attached to an aromatic ring is 1. The second-order valence-electron chi connectivity index (χ2n) is 4.19. The van der Waals surface area contributed by atoms with E-state index in [1.54, 1.807) is 25.1 Å². The number of anilines is 1. The van der Waals surface area contributed by atoms with Crippen molar-refractivity contribution in [1.29, 1.82) is 0 Å². The zero-order valence-corrected chi connectivity index (χ0v) is 10.6. The fraction of sp³-hybridized carbons (Fsp3) is 0.154. The summed E-state index contributed by atoms with van der Waals surface area (Å²) in [6.45, 7) is 3.51. The van der Waals surface area contributed by atoms with Crippen LogP contribution in [0.15, 0.2) is 30.5 Å². The smallest absolute Gasteiger partial charge is 0.276 e. The third kappa shape index (κ3) is 2.79. The zero-order valence-electron chi connectivity index (χ0n) is 10.6. The molecule has 0 radical (unpaired) electrons. The molecule has 0 fully saturated rings. The van der Waals surface area contributed by atoms with Crippen molar-refractivity contribution >= 4 is 11.4 Å². The quantitative estimate of drug-likeness (QED) is 0.675. The van der Waals surface area contributed by atoms with Gasteiger partial charge in [0.15, 0.2) is 0 Å². The van der Waals surface area contributed by atoms with Gasteiger partial charge in [0.1, 0.15) is 5.75 Å². The maximum absolute atomic E-state index is 10.9. The lowest BCUT2D eigenvalue weighted by atomic mass is 10.1. The molecule has 1 heterocycles. The lowest BCUT2D eigenvalue weighted by molar-refractivity contribution is -0.385. The minimum Gasteiger partial charge on any atom is -0.438 e. The lowest BCUT2D eigenvalue weighted by Gasteiger charge is -2.09. The van der Waals surface area contributed by atoms with E-state index in [4.69, 9.17) is 10.5 Å². The highest BCUT2D eigenvalue weighted by atomic mass is 16.6. The Kier molecular flexibility index (Phi) is 3.33. The molecule has 19 heavy (non-hydrogen) atoms. The maximum atomic E-state index is 10.9. The van der Waals surface area contributed by atoms with Crippen molar-refractivity contribution in [2.75, 3.05) is 5.73 Å². The average molecular weight is 259 g/mol. The molecule has 6 heteroatoms. The molecular weight excluding hydrogens is 246 g/mol. The molecule has 0 saturated heterocycles. The van der Waals surface area contributed by atoms with Gasteiger partial charge < -0.3 is 10.5 Å². The monoisotopic (exact) mass is 259 g/mol. The summed E-state index contributed by atoms with van der Waals surface area (Å²) in [6, 6.07) is 6.30. The third-order valence-corrected chi connectivity index (χ3v) is 2.66. The summed E-state index contributed by atoms with van der Waals surface area (Å²) in [7, 11) is 0. The van der Waals surface area contributed by atoms with Gasteiger partial charge in [-0.3, -0.25) is 10.1 Å². The van der Waals surface area contributed by atoms with E-state index in [9.17, 15) is 10.1 Å². The van der Waals surface area contributed by atoms with Gasteiger partial charge >= 0.3 is 0 Å². The topological polar surface area (TPSA) is 91.3 Å². The van der Waals surface area contributed by atoms with Crippen LogP contribution in [0.2, 0.25) is 0 Å². The van der Waals surface area contributed by atoms with Crippen molar-refractivity contribution in [2.45, 2.75) is 13.8 Å². The van der Waals surface area contributed by atoms with Gasteiger partial charge in [-0.05, 0) is 31.5 Å². The number of pyridine rings is 1. The molecule has 2 aromatic rings. The van der Waals surface area contributed by atoms with Crippen molar-refractivity contribution < 1.29 is 9.66 Å². The SMILES string of the molecule is Cc1cc(C)c([N+](=O)[O-])cc1Oc1cc(N)ccn1. The Balaban J connectivity index is 2.40. The molecule has 98 valence electrons. The number of benzene rings is 1. The lowest BCUT2D eigenvalue weighted by Crippen LogP contribution is -1.96. The van der Waals surface area contributed by atoms with Crippen molar-refractivity contribution in [1.82, 2.24) is 4.98 Å². The number of ether oxygens (including phenoxy) is 1. The van der Waals surface area contributed by atoms with Gasteiger partial charge in [0.2, 0.25) is 5.88 Å². The summed E-state index contributed by atoms with van der Waals surface area (Å²) < 4.78 is 5.54. The van der Waals surface area contributed by atoms with E-state index < -0.39 is 4.92 Å². The van der Waals surface area contributed by atoms with E-state index >= 15 is 0 Å². The normalized spacial score (nSPS) is 10.2. The van der Waals surface area contributed by atoms with Crippen LogP contribution in [0.4, 0.5) is 11.4 Å². The second-order valence-corrected chi connectivity index (χ2v) is 4.19. The summed E-state index contributed by atoms with van der Waals surface area (Å²) in [5.74, 6) is 0.705. The average Bonchev–Trinajstić information content (AvgIpc) is 2.32. The molecule has 0 aliphatic rings. The predicted molar refractivity (Wildman–Crippen MR) is 71.3 cm³/mol. The molecule has 0 bridgehead atoms. The number of nitrogens with two attached hydrogens (primary N) is 1. The van der Waals surface area contributed by atoms with E-state index in [1.807, 2.05) is 6.92 Å². The largest absolute Gasteiger partial charge is 0.438 e. The Morgan fingerprint density at radius 2 is 2.00 bits per heavy atom. The molecule has 0 atom stereocenters. The number of hydrogen-bond acceptors (Lipinski definition) is 5. The molecule has 2 rings (SSSR count). The summed E-state index contributed by atoms with van der Waals surface area (Å²) >= 11 is 0.